The van der Waals surface area contributed by atoms with Crippen LogP contribution < -0.4 is 5.73 Å². The van der Waals surface area contributed by atoms with E-state index in [1.54, 1.807) is 6.92 Å². The van der Waals surface area contributed by atoms with Crippen molar-refractivity contribution in [3.05, 3.63) is 36.0 Å². The van der Waals surface area contributed by atoms with Crippen LogP contribution in [0.4, 0.5) is 0 Å². The molecule has 17 heavy (non-hydrogen) atoms. The topological polar surface area (TPSA) is 69.7 Å². The molecule has 1 aromatic heterocycles. The van der Waals surface area contributed by atoms with Crippen molar-refractivity contribution in [2.45, 2.75) is 18.9 Å². The summed E-state index contributed by atoms with van der Waals surface area (Å²) < 4.78 is 4.76. The number of rotatable bonds is 3. The highest BCUT2D eigenvalue weighted by Gasteiger charge is 2.34. The molecular formula is C13H17N2O2+. The first-order chi connectivity index (χ1) is 8.04. The van der Waals surface area contributed by atoms with E-state index in [-0.39, 0.29) is 5.97 Å². The summed E-state index contributed by atoms with van der Waals surface area (Å²) in [4.78, 5) is 14.8. The first kappa shape index (κ1) is 11.7. The summed E-state index contributed by atoms with van der Waals surface area (Å²) in [6.45, 7) is 1.79. The number of carbonyl (C=O) groups is 1. The van der Waals surface area contributed by atoms with E-state index in [4.69, 9.17) is 4.74 Å². The fourth-order valence-corrected chi connectivity index (χ4v) is 2.02. The Bertz CT molecular complexity index is 543. The molecule has 1 atom stereocenters. The summed E-state index contributed by atoms with van der Waals surface area (Å²) in [6.07, 6.45) is 2.49. The van der Waals surface area contributed by atoms with Crippen LogP contribution in [0.25, 0.3) is 10.9 Å². The molecule has 4 nitrogen and oxygen atoms in total. The maximum atomic E-state index is 11.6. The summed E-state index contributed by atoms with van der Waals surface area (Å²) in [5.74, 6) is -0.289. The Morgan fingerprint density at radius 2 is 2.18 bits per heavy atom. The number of hydrogen-bond donors (Lipinski definition) is 2. The minimum atomic E-state index is -0.750. The molecule has 0 unspecified atom stereocenters. The van der Waals surface area contributed by atoms with Gasteiger partial charge in [-0.25, -0.2) is 4.79 Å². The maximum absolute atomic E-state index is 11.6. The molecule has 0 saturated carbocycles. The molecule has 0 amide bonds. The number of aromatic nitrogens is 1. The van der Waals surface area contributed by atoms with Crippen LogP contribution in [0.15, 0.2) is 30.5 Å². The van der Waals surface area contributed by atoms with Crippen LogP contribution in [0, 0.1) is 0 Å². The van der Waals surface area contributed by atoms with Crippen molar-refractivity contribution < 1.29 is 15.3 Å². The first-order valence-corrected chi connectivity index (χ1v) is 5.53. The van der Waals surface area contributed by atoms with E-state index in [9.17, 15) is 4.79 Å². The van der Waals surface area contributed by atoms with Gasteiger partial charge < -0.3 is 15.5 Å². The van der Waals surface area contributed by atoms with Crippen LogP contribution in [0.3, 0.4) is 0 Å². The molecule has 0 saturated heterocycles. The van der Waals surface area contributed by atoms with Gasteiger partial charge in [-0.05, 0) is 11.6 Å². The van der Waals surface area contributed by atoms with Crippen molar-refractivity contribution in [3.8, 4) is 0 Å². The van der Waals surface area contributed by atoms with E-state index in [0.717, 1.165) is 16.5 Å². The zero-order valence-corrected chi connectivity index (χ0v) is 10.1. The van der Waals surface area contributed by atoms with Gasteiger partial charge in [-0.1, -0.05) is 18.2 Å². The third kappa shape index (κ3) is 2.17. The van der Waals surface area contributed by atoms with E-state index >= 15 is 0 Å². The number of benzene rings is 1. The molecule has 1 aromatic carbocycles. The Labute approximate surface area is 99.8 Å². The maximum Gasteiger partial charge on any atom is 0.367 e. The van der Waals surface area contributed by atoms with Gasteiger partial charge in [0.15, 0.2) is 5.54 Å². The number of methoxy groups -OCH3 is 1. The second kappa shape index (κ2) is 4.22. The average Bonchev–Trinajstić information content (AvgIpc) is 2.71. The molecule has 2 aromatic rings. The smallest absolute Gasteiger partial charge is 0.367 e. The lowest BCUT2D eigenvalue weighted by Gasteiger charge is -2.17. The largest absolute Gasteiger partial charge is 0.464 e. The van der Waals surface area contributed by atoms with E-state index in [1.165, 1.54) is 7.11 Å². The lowest BCUT2D eigenvalue weighted by Crippen LogP contribution is -2.76. The summed E-state index contributed by atoms with van der Waals surface area (Å²) in [5, 5.41) is 1.13. The Kier molecular flexibility index (Phi) is 2.90. The van der Waals surface area contributed by atoms with Gasteiger partial charge in [0, 0.05) is 30.4 Å². The number of H-pyrrole nitrogens is 1. The van der Waals surface area contributed by atoms with Crippen molar-refractivity contribution in [3.63, 3.8) is 0 Å². The van der Waals surface area contributed by atoms with Crippen LogP contribution in [0.2, 0.25) is 0 Å². The average molecular weight is 233 g/mol. The van der Waals surface area contributed by atoms with Crippen molar-refractivity contribution in [2.24, 2.45) is 0 Å². The summed E-state index contributed by atoms with van der Waals surface area (Å²) in [5.41, 5.74) is 5.34. The first-order valence-electron chi connectivity index (χ1n) is 5.53. The highest BCUT2D eigenvalue weighted by atomic mass is 16.5. The van der Waals surface area contributed by atoms with E-state index in [0.29, 0.717) is 6.42 Å². The van der Waals surface area contributed by atoms with Crippen molar-refractivity contribution >= 4 is 16.9 Å². The Balaban J connectivity index is 2.33. The van der Waals surface area contributed by atoms with Crippen molar-refractivity contribution in [1.29, 1.82) is 0 Å². The van der Waals surface area contributed by atoms with E-state index in [1.807, 2.05) is 30.5 Å². The molecule has 0 fully saturated rings. The Morgan fingerprint density at radius 3 is 2.88 bits per heavy atom. The molecule has 0 aliphatic heterocycles. The number of aromatic amines is 1. The normalized spacial score (nSPS) is 14.5. The summed E-state index contributed by atoms with van der Waals surface area (Å²) in [7, 11) is 1.39. The Hall–Kier alpha value is -1.81. The Morgan fingerprint density at radius 1 is 1.47 bits per heavy atom. The quantitative estimate of drug-likeness (QED) is 0.773. The van der Waals surface area contributed by atoms with Gasteiger partial charge in [0.1, 0.15) is 0 Å². The van der Waals surface area contributed by atoms with Gasteiger partial charge in [-0.3, -0.25) is 0 Å². The van der Waals surface area contributed by atoms with Gasteiger partial charge >= 0.3 is 5.97 Å². The molecule has 0 aliphatic rings. The monoisotopic (exact) mass is 233 g/mol. The molecule has 2 rings (SSSR count). The lowest BCUT2D eigenvalue weighted by atomic mass is 9.94. The minimum Gasteiger partial charge on any atom is -0.464 e. The summed E-state index contributed by atoms with van der Waals surface area (Å²) >= 11 is 0. The zero-order chi connectivity index (χ0) is 12.5. The summed E-state index contributed by atoms with van der Waals surface area (Å²) in [6, 6.07) is 8.01. The molecule has 0 aliphatic carbocycles. The molecular weight excluding hydrogens is 216 g/mol. The number of ether oxygens (including phenoxy) is 1. The number of fused-ring (bicyclic) bond motifs is 1. The number of hydrogen-bond acceptors (Lipinski definition) is 2. The van der Waals surface area contributed by atoms with Gasteiger partial charge in [0.05, 0.1) is 7.11 Å². The SMILES string of the molecule is COC(=O)[C@@](C)([NH3+])Cc1c[nH]c2ccccc12. The number of para-hydroxylation sites is 1. The van der Waals surface area contributed by atoms with Gasteiger partial charge in [0.2, 0.25) is 0 Å². The fourth-order valence-electron chi connectivity index (χ4n) is 2.02. The molecule has 4 N–H and O–H groups in total. The highest BCUT2D eigenvalue weighted by molar-refractivity contribution is 5.85. The molecule has 0 radical (unpaired) electrons. The molecule has 90 valence electrons. The number of nitrogens with one attached hydrogen (secondary N) is 1. The third-order valence-corrected chi connectivity index (χ3v) is 2.93. The molecule has 0 bridgehead atoms. The van der Waals surface area contributed by atoms with Gasteiger partial charge in [-0.2, -0.15) is 0 Å². The second-order valence-corrected chi connectivity index (χ2v) is 4.59. The predicted octanol–water partition coefficient (Wildman–Crippen LogP) is 0.884. The van der Waals surface area contributed by atoms with E-state index in [2.05, 4.69) is 10.7 Å². The minimum absolute atomic E-state index is 0.289. The number of esters is 1. The van der Waals surface area contributed by atoms with Gasteiger partial charge in [0.25, 0.3) is 0 Å². The van der Waals surface area contributed by atoms with Crippen LogP contribution in [-0.2, 0) is 16.0 Å². The van der Waals surface area contributed by atoms with Crippen LogP contribution in [-0.4, -0.2) is 23.6 Å². The zero-order valence-electron chi connectivity index (χ0n) is 10.1. The van der Waals surface area contributed by atoms with Crippen LogP contribution >= 0.6 is 0 Å². The number of quaternary nitrogens is 1. The standard InChI is InChI=1S/C13H16N2O2/c1-13(14,12(16)17-2)7-9-8-15-11-6-4-3-5-10(9)11/h3-6,8,15H,7,14H2,1-2H3/p+1/t13-/m0/s1. The fraction of sp³-hybridized carbons (Fsp3) is 0.308. The van der Waals surface area contributed by atoms with E-state index < -0.39 is 5.54 Å². The highest BCUT2D eigenvalue weighted by Crippen LogP contribution is 2.21. The van der Waals surface area contributed by atoms with Crippen molar-refractivity contribution in [1.82, 2.24) is 4.98 Å². The lowest BCUT2D eigenvalue weighted by molar-refractivity contribution is -0.456. The van der Waals surface area contributed by atoms with Crippen LogP contribution in [0.1, 0.15) is 12.5 Å². The van der Waals surface area contributed by atoms with Gasteiger partial charge in [-0.15, -0.1) is 0 Å². The predicted molar refractivity (Wildman–Crippen MR) is 65.3 cm³/mol. The second-order valence-electron chi connectivity index (χ2n) is 4.59. The third-order valence-electron chi connectivity index (χ3n) is 2.93. The van der Waals surface area contributed by atoms with Crippen LogP contribution in [0.5, 0.6) is 0 Å². The molecule has 4 heteroatoms. The van der Waals surface area contributed by atoms with Crippen molar-refractivity contribution in [2.75, 3.05) is 7.11 Å². The molecule has 0 spiro atoms. The number of carbonyl (C=O) groups excluding carboxylic acids is 1. The molecule has 1 heterocycles.